The number of methoxy groups -OCH3 is 1. The number of benzene rings is 2. The Hall–Kier alpha value is -4.44. The van der Waals surface area contributed by atoms with Crippen LogP contribution in [0.4, 0.5) is 4.79 Å². The molecule has 4 heterocycles. The average molecular weight is 716 g/mol. The molecule has 3 atom stereocenters. The number of imidazole rings is 2. The first kappa shape index (κ1) is 34.3. The van der Waals surface area contributed by atoms with Crippen LogP contribution in [0.2, 0.25) is 0 Å². The summed E-state index contributed by atoms with van der Waals surface area (Å²) in [6.45, 7) is 1.72. The molecule has 0 bridgehead atoms. The van der Waals surface area contributed by atoms with Crippen LogP contribution in [-0.4, -0.2) is 63.1 Å². The molecule has 9 rings (SSSR count). The van der Waals surface area contributed by atoms with E-state index >= 15 is 0 Å². The second-order valence-electron chi connectivity index (χ2n) is 16.3. The summed E-state index contributed by atoms with van der Waals surface area (Å²) in [6.07, 6.45) is 20.0. The van der Waals surface area contributed by atoms with Gasteiger partial charge in [-0.05, 0) is 110 Å². The maximum atomic E-state index is 14.2. The number of hydrogen-bond donors (Lipinski definition) is 4. The fourth-order valence-electron chi connectivity index (χ4n) is 10.6. The average Bonchev–Trinajstić information content (AvgIpc) is 4.06. The van der Waals surface area contributed by atoms with Gasteiger partial charge in [-0.25, -0.2) is 14.8 Å². The van der Waals surface area contributed by atoms with Crippen molar-refractivity contribution >= 4 is 12.0 Å². The van der Waals surface area contributed by atoms with Gasteiger partial charge in [0.2, 0.25) is 5.91 Å². The molecule has 278 valence electrons. The number of alkyl carbamates (subject to hydrolysis) is 1. The highest BCUT2D eigenvalue weighted by Crippen LogP contribution is 2.55. The van der Waals surface area contributed by atoms with Crippen molar-refractivity contribution in [3.63, 3.8) is 0 Å². The number of aromatic nitrogens is 4. The number of fused-ring (bicyclic) bond motifs is 2. The number of nitrogens with one attached hydrogen (secondary N) is 4. The van der Waals surface area contributed by atoms with Crippen molar-refractivity contribution in [2.24, 2.45) is 5.92 Å². The van der Waals surface area contributed by atoms with Gasteiger partial charge in [-0.15, -0.1) is 0 Å². The second kappa shape index (κ2) is 14.4. The molecule has 2 aromatic carbocycles. The fraction of sp³-hybridized carbons (Fsp3) is 0.535. The highest BCUT2D eigenvalue weighted by atomic mass is 16.5. The lowest BCUT2D eigenvalue weighted by molar-refractivity contribution is -0.136. The van der Waals surface area contributed by atoms with Crippen molar-refractivity contribution in [3.8, 4) is 33.6 Å². The molecule has 2 amide bonds. The normalized spacial score (nSPS) is 23.1. The predicted molar refractivity (Wildman–Crippen MR) is 205 cm³/mol. The summed E-state index contributed by atoms with van der Waals surface area (Å²) in [6, 6.07) is 13.3. The highest BCUT2D eigenvalue weighted by molar-refractivity contribution is 5.86. The van der Waals surface area contributed by atoms with Crippen LogP contribution in [0.1, 0.15) is 125 Å². The van der Waals surface area contributed by atoms with Gasteiger partial charge in [-0.1, -0.05) is 68.5 Å². The van der Waals surface area contributed by atoms with E-state index < -0.39 is 12.1 Å². The smallest absolute Gasteiger partial charge is 0.407 e. The van der Waals surface area contributed by atoms with Gasteiger partial charge in [0.15, 0.2) is 0 Å². The molecule has 10 nitrogen and oxygen atoms in total. The molecule has 10 heteroatoms. The van der Waals surface area contributed by atoms with Gasteiger partial charge in [0.05, 0.1) is 43.0 Å². The fourth-order valence-corrected chi connectivity index (χ4v) is 10.6. The van der Waals surface area contributed by atoms with Crippen LogP contribution in [0.5, 0.6) is 0 Å². The topological polar surface area (TPSA) is 128 Å². The summed E-state index contributed by atoms with van der Waals surface area (Å²) >= 11 is 0. The predicted octanol–water partition coefficient (Wildman–Crippen LogP) is 8.28. The number of carbonyl (C=O) groups is 2. The van der Waals surface area contributed by atoms with Crippen molar-refractivity contribution in [2.45, 2.75) is 120 Å². The van der Waals surface area contributed by atoms with Crippen LogP contribution in [0.3, 0.4) is 0 Å². The number of ether oxygens (including phenoxy) is 1. The molecule has 2 aliphatic heterocycles. The minimum atomic E-state index is -0.573. The van der Waals surface area contributed by atoms with Gasteiger partial charge < -0.3 is 30.2 Å². The molecule has 2 saturated carbocycles. The number of amides is 2. The summed E-state index contributed by atoms with van der Waals surface area (Å²) in [4.78, 5) is 45.5. The Morgan fingerprint density at radius 1 is 0.811 bits per heavy atom. The van der Waals surface area contributed by atoms with E-state index in [-0.39, 0.29) is 23.3 Å². The number of rotatable bonds is 8. The Bertz CT molecular complexity index is 1950. The number of hydrogen-bond acceptors (Lipinski definition) is 6. The first-order valence-electron chi connectivity index (χ1n) is 20.3. The summed E-state index contributed by atoms with van der Waals surface area (Å²) in [5.41, 5.74) is 10.3. The molecule has 0 unspecified atom stereocenters. The zero-order chi connectivity index (χ0) is 35.9. The summed E-state index contributed by atoms with van der Waals surface area (Å²) in [5, 5.41) is 6.46. The quantitative estimate of drug-likeness (QED) is 0.145. The third-order valence-corrected chi connectivity index (χ3v) is 13.3. The van der Waals surface area contributed by atoms with Gasteiger partial charge in [-0.2, -0.15) is 0 Å². The Morgan fingerprint density at radius 2 is 1.55 bits per heavy atom. The van der Waals surface area contributed by atoms with Crippen LogP contribution in [-0.2, 0) is 21.4 Å². The van der Waals surface area contributed by atoms with E-state index in [2.05, 4.69) is 57.0 Å². The van der Waals surface area contributed by atoms with E-state index in [1.165, 1.54) is 79.9 Å². The van der Waals surface area contributed by atoms with Crippen LogP contribution >= 0.6 is 0 Å². The van der Waals surface area contributed by atoms with Gasteiger partial charge in [0, 0.05) is 12.1 Å². The molecule has 4 N–H and O–H groups in total. The molecule has 53 heavy (non-hydrogen) atoms. The molecule has 2 aromatic heterocycles. The van der Waals surface area contributed by atoms with Crippen molar-refractivity contribution < 1.29 is 14.3 Å². The van der Waals surface area contributed by atoms with Crippen LogP contribution < -0.4 is 10.6 Å². The molecule has 0 radical (unpaired) electrons. The van der Waals surface area contributed by atoms with Gasteiger partial charge in [-0.3, -0.25) is 4.79 Å². The highest BCUT2D eigenvalue weighted by Gasteiger charge is 2.44. The van der Waals surface area contributed by atoms with Crippen LogP contribution in [0.15, 0.2) is 48.8 Å². The maximum absolute atomic E-state index is 14.2. The van der Waals surface area contributed by atoms with E-state index in [1.807, 2.05) is 17.3 Å². The van der Waals surface area contributed by atoms with E-state index in [0.717, 1.165) is 86.5 Å². The number of likely N-dealkylation sites (tertiary alicyclic amines) is 1. The van der Waals surface area contributed by atoms with E-state index in [9.17, 15) is 9.59 Å². The first-order valence-corrected chi connectivity index (χ1v) is 20.3. The Balaban J connectivity index is 1.00. The third kappa shape index (κ3) is 6.36. The largest absolute Gasteiger partial charge is 0.453 e. The van der Waals surface area contributed by atoms with E-state index in [0.29, 0.717) is 12.6 Å². The third-order valence-electron chi connectivity index (χ3n) is 13.3. The van der Waals surface area contributed by atoms with Crippen LogP contribution in [0.25, 0.3) is 33.6 Å². The lowest BCUT2D eigenvalue weighted by Gasteiger charge is -2.34. The van der Waals surface area contributed by atoms with Gasteiger partial charge in [0.1, 0.15) is 17.7 Å². The zero-order valence-electron chi connectivity index (χ0n) is 31.0. The number of aromatic amines is 2. The minimum absolute atomic E-state index is 0.0130. The minimum Gasteiger partial charge on any atom is -0.453 e. The monoisotopic (exact) mass is 715 g/mol. The standard InChI is InChI=1S/C43H53N7O3/c1-53-42(52)49-38(29-9-3-2-4-10-29)41(51)50-24-8-12-36(50)40-46-26-35(48-40)31-18-17-30(37-32(31)19-22-43(37)20-5-6-21-43)27-13-15-28(16-14-27)34-25-45-39(47-34)33-11-7-23-44-33/h13-18,25-26,29,33,36,38,44H,2-12,19-24H2,1H3,(H,45,47)(H,46,48)(H,49,52)/t33-,36-,38-/m0/s1. The lowest BCUT2D eigenvalue weighted by atomic mass is 9.76. The Labute approximate surface area is 312 Å². The molecule has 4 fully saturated rings. The van der Waals surface area contributed by atoms with Crippen molar-refractivity contribution in [1.82, 2.24) is 35.5 Å². The molecule has 2 saturated heterocycles. The number of H-pyrrole nitrogens is 2. The summed E-state index contributed by atoms with van der Waals surface area (Å²) in [5.74, 6) is 1.98. The first-order chi connectivity index (χ1) is 26.0. The summed E-state index contributed by atoms with van der Waals surface area (Å²) < 4.78 is 4.95. The molecule has 5 aliphatic rings. The molecular formula is C43H53N7O3. The van der Waals surface area contributed by atoms with Gasteiger partial charge >= 0.3 is 6.09 Å². The van der Waals surface area contributed by atoms with Crippen molar-refractivity contribution in [3.05, 3.63) is 71.6 Å². The number of carbonyl (C=O) groups excluding carboxylic acids is 2. The van der Waals surface area contributed by atoms with E-state index in [1.54, 1.807) is 0 Å². The second-order valence-corrected chi connectivity index (χ2v) is 16.3. The Morgan fingerprint density at radius 3 is 2.32 bits per heavy atom. The summed E-state index contributed by atoms with van der Waals surface area (Å²) in [7, 11) is 1.36. The lowest BCUT2D eigenvalue weighted by Crippen LogP contribution is -2.52. The van der Waals surface area contributed by atoms with Crippen LogP contribution in [0, 0.1) is 5.92 Å². The molecule has 3 aliphatic carbocycles. The SMILES string of the molecule is COC(=O)N[C@H](C(=O)N1CCC[C@H]1c1ncc(-c2ccc(-c3ccc(-c4cnc([C@@H]5CCCN5)[nH]4)cc3)c3c2CCC32CCCC2)[nH]1)C1CCCCC1. The van der Waals surface area contributed by atoms with Crippen molar-refractivity contribution in [1.29, 1.82) is 0 Å². The van der Waals surface area contributed by atoms with Gasteiger partial charge in [0.25, 0.3) is 0 Å². The molecule has 4 aromatic rings. The number of nitrogens with zero attached hydrogens (tertiary/aromatic N) is 3. The zero-order valence-corrected chi connectivity index (χ0v) is 31.0. The Kier molecular flexibility index (Phi) is 9.34. The van der Waals surface area contributed by atoms with E-state index in [4.69, 9.17) is 14.7 Å². The van der Waals surface area contributed by atoms with Crippen molar-refractivity contribution in [2.75, 3.05) is 20.2 Å². The maximum Gasteiger partial charge on any atom is 0.407 e. The molecular weight excluding hydrogens is 663 g/mol. The molecule has 1 spiro atoms.